The molecule has 1 fully saturated rings. The van der Waals surface area contributed by atoms with Gasteiger partial charge in [0, 0.05) is 24.0 Å². The van der Waals surface area contributed by atoms with Crippen molar-refractivity contribution in [2.75, 3.05) is 0 Å². The topological polar surface area (TPSA) is 63.0 Å². The molecule has 0 saturated heterocycles. The average Bonchev–Trinajstić information content (AvgIpc) is 2.87. The summed E-state index contributed by atoms with van der Waals surface area (Å²) < 4.78 is 6.07. The first-order valence-electron chi connectivity index (χ1n) is 9.77. The minimum Gasteiger partial charge on any atom is -0.490 e. The lowest BCUT2D eigenvalue weighted by Crippen LogP contribution is -2.30. The third kappa shape index (κ3) is 4.32. The molecule has 0 radical (unpaired) electrons. The number of allylic oxidation sites excluding steroid dienone is 2. The maximum absolute atomic E-state index is 13.1. The summed E-state index contributed by atoms with van der Waals surface area (Å²) in [5.74, 6) is 0.996. The molecular formula is C23H20Cl2N2O2. The molecule has 1 saturated carbocycles. The first-order chi connectivity index (χ1) is 14.0. The van der Waals surface area contributed by atoms with Crippen LogP contribution in [0.5, 0.6) is 5.75 Å². The molecule has 0 aliphatic heterocycles. The van der Waals surface area contributed by atoms with Crippen LogP contribution in [0.4, 0.5) is 0 Å². The summed E-state index contributed by atoms with van der Waals surface area (Å²) in [4.78, 5) is 17.4. The Kier molecular flexibility index (Phi) is 5.89. The summed E-state index contributed by atoms with van der Waals surface area (Å²) >= 11 is 12.1. The fourth-order valence-electron chi connectivity index (χ4n) is 4.24. The predicted octanol–water partition coefficient (Wildman–Crippen LogP) is 5.81. The number of pyridine rings is 1. The lowest BCUT2D eigenvalue weighted by atomic mass is 9.76. The molecule has 148 valence electrons. The Balaban J connectivity index is 1.40. The van der Waals surface area contributed by atoms with Crippen molar-refractivity contribution in [3.63, 3.8) is 0 Å². The second-order valence-electron chi connectivity index (χ2n) is 7.56. The van der Waals surface area contributed by atoms with Gasteiger partial charge in [-0.1, -0.05) is 35.4 Å². The Labute approximate surface area is 180 Å². The molecule has 6 heteroatoms. The van der Waals surface area contributed by atoms with Crippen LogP contribution in [0.15, 0.2) is 42.5 Å². The molecule has 0 N–H and O–H groups in total. The van der Waals surface area contributed by atoms with Gasteiger partial charge >= 0.3 is 0 Å². The summed E-state index contributed by atoms with van der Waals surface area (Å²) in [5, 5.41) is 9.80. The van der Waals surface area contributed by atoms with Gasteiger partial charge < -0.3 is 4.74 Å². The number of aromatic nitrogens is 1. The van der Waals surface area contributed by atoms with Gasteiger partial charge in [-0.2, -0.15) is 5.26 Å². The van der Waals surface area contributed by atoms with Gasteiger partial charge in [0.1, 0.15) is 17.0 Å². The van der Waals surface area contributed by atoms with Gasteiger partial charge in [-0.25, -0.2) is 4.98 Å². The molecule has 1 aromatic heterocycles. The van der Waals surface area contributed by atoms with Crippen LogP contribution in [0.3, 0.4) is 0 Å². The number of nitrogens with zero attached hydrogens (tertiary/aromatic N) is 2. The lowest BCUT2D eigenvalue weighted by molar-refractivity contribution is 0.0818. The molecule has 1 heterocycles. The summed E-state index contributed by atoms with van der Waals surface area (Å²) in [6.45, 7) is 0. The Bertz CT molecular complexity index is 1000. The molecule has 2 aliphatic carbocycles. The summed E-state index contributed by atoms with van der Waals surface area (Å²) in [5.41, 5.74) is 1.89. The Morgan fingerprint density at radius 1 is 1.10 bits per heavy atom. The Hall–Kier alpha value is -2.35. The van der Waals surface area contributed by atoms with Gasteiger partial charge in [-0.3, -0.25) is 4.79 Å². The standard InChI is InChI=1S/C23H20Cl2N2O2/c24-20-12-17(9-6-15(20)13-26)29-16-7-4-14(5-8-16)18-2-1-3-21-19(23(18)28)10-11-22(25)27-21/h1-2,6,9-12,14,16,18H,3-5,7-8H2. The highest BCUT2D eigenvalue weighted by Crippen LogP contribution is 2.36. The highest BCUT2D eigenvalue weighted by molar-refractivity contribution is 6.31. The van der Waals surface area contributed by atoms with Gasteiger partial charge in [0.25, 0.3) is 0 Å². The van der Waals surface area contributed by atoms with Crippen LogP contribution in [-0.4, -0.2) is 16.9 Å². The van der Waals surface area contributed by atoms with Gasteiger partial charge in [-0.15, -0.1) is 0 Å². The highest BCUT2D eigenvalue weighted by atomic mass is 35.5. The molecule has 2 aliphatic rings. The number of nitriles is 1. The van der Waals surface area contributed by atoms with E-state index in [0.29, 0.717) is 39.4 Å². The van der Waals surface area contributed by atoms with Crippen molar-refractivity contribution in [1.29, 1.82) is 5.26 Å². The number of ketones is 1. The van der Waals surface area contributed by atoms with E-state index in [9.17, 15) is 4.79 Å². The maximum Gasteiger partial charge on any atom is 0.171 e. The van der Waals surface area contributed by atoms with E-state index in [1.54, 1.807) is 30.3 Å². The molecule has 1 unspecified atom stereocenters. The monoisotopic (exact) mass is 426 g/mol. The van der Waals surface area contributed by atoms with E-state index >= 15 is 0 Å². The van der Waals surface area contributed by atoms with Crippen molar-refractivity contribution in [1.82, 2.24) is 4.98 Å². The van der Waals surface area contributed by atoms with Crippen LogP contribution < -0.4 is 4.74 Å². The van der Waals surface area contributed by atoms with E-state index in [1.165, 1.54) is 0 Å². The molecule has 4 nitrogen and oxygen atoms in total. The van der Waals surface area contributed by atoms with Crippen molar-refractivity contribution < 1.29 is 9.53 Å². The molecule has 1 aromatic carbocycles. The third-order valence-electron chi connectivity index (χ3n) is 5.75. The van der Waals surface area contributed by atoms with Crippen LogP contribution in [0.2, 0.25) is 10.2 Å². The second-order valence-corrected chi connectivity index (χ2v) is 8.35. The number of rotatable bonds is 3. The van der Waals surface area contributed by atoms with Crippen LogP contribution >= 0.6 is 23.2 Å². The number of carbonyl (C=O) groups is 1. The molecule has 29 heavy (non-hydrogen) atoms. The number of hydrogen-bond acceptors (Lipinski definition) is 4. The van der Waals surface area contributed by atoms with Crippen molar-refractivity contribution in [2.45, 2.75) is 38.2 Å². The van der Waals surface area contributed by atoms with Gasteiger partial charge in [0.15, 0.2) is 5.78 Å². The average molecular weight is 427 g/mol. The zero-order valence-corrected chi connectivity index (χ0v) is 17.3. The third-order valence-corrected chi connectivity index (χ3v) is 6.28. The number of hydrogen-bond donors (Lipinski definition) is 0. The summed E-state index contributed by atoms with van der Waals surface area (Å²) in [6, 6.07) is 10.7. The van der Waals surface area contributed by atoms with E-state index in [4.69, 9.17) is 33.2 Å². The number of carbonyl (C=O) groups excluding carboxylic acids is 1. The van der Waals surface area contributed by atoms with E-state index in [-0.39, 0.29) is 17.8 Å². The molecular weight excluding hydrogens is 407 g/mol. The summed E-state index contributed by atoms with van der Waals surface area (Å²) in [6.07, 6.45) is 8.42. The van der Waals surface area contributed by atoms with E-state index in [0.717, 1.165) is 31.4 Å². The zero-order chi connectivity index (χ0) is 20.4. The van der Waals surface area contributed by atoms with Crippen LogP contribution in [0.25, 0.3) is 0 Å². The number of fused-ring (bicyclic) bond motifs is 1. The fourth-order valence-corrected chi connectivity index (χ4v) is 4.61. The summed E-state index contributed by atoms with van der Waals surface area (Å²) in [7, 11) is 0. The van der Waals surface area contributed by atoms with Crippen LogP contribution in [-0.2, 0) is 6.42 Å². The van der Waals surface area contributed by atoms with Gasteiger partial charge in [0.2, 0.25) is 0 Å². The zero-order valence-electron chi connectivity index (χ0n) is 15.8. The fraction of sp³-hybridized carbons (Fsp3) is 0.348. The second kappa shape index (κ2) is 8.57. The molecule has 0 bridgehead atoms. The molecule has 0 amide bonds. The van der Waals surface area contributed by atoms with E-state index in [2.05, 4.69) is 11.1 Å². The molecule has 2 aromatic rings. The molecule has 0 spiro atoms. The minimum absolute atomic E-state index is 0.0906. The minimum atomic E-state index is -0.121. The van der Waals surface area contributed by atoms with Crippen molar-refractivity contribution in [2.24, 2.45) is 11.8 Å². The molecule has 4 rings (SSSR count). The largest absolute Gasteiger partial charge is 0.490 e. The Morgan fingerprint density at radius 3 is 2.62 bits per heavy atom. The van der Waals surface area contributed by atoms with Gasteiger partial charge in [-0.05, 0) is 55.9 Å². The Morgan fingerprint density at radius 2 is 1.90 bits per heavy atom. The quantitative estimate of drug-likeness (QED) is 0.458. The van der Waals surface area contributed by atoms with E-state index < -0.39 is 0 Å². The maximum atomic E-state index is 13.1. The number of benzene rings is 1. The first kappa shape index (κ1) is 19.9. The van der Waals surface area contributed by atoms with Crippen molar-refractivity contribution >= 4 is 29.0 Å². The predicted molar refractivity (Wildman–Crippen MR) is 112 cm³/mol. The van der Waals surface area contributed by atoms with Gasteiger partial charge in [0.05, 0.1) is 22.4 Å². The highest BCUT2D eigenvalue weighted by Gasteiger charge is 2.33. The molecule has 1 atom stereocenters. The SMILES string of the molecule is N#Cc1ccc(OC2CCC(C3C=CCc4nc(Cl)ccc4C3=O)CC2)cc1Cl. The van der Waals surface area contributed by atoms with Crippen LogP contribution in [0.1, 0.15) is 47.3 Å². The number of ether oxygens (including phenoxy) is 1. The number of Topliss-reactive ketones (excluding diaryl/α,β-unsaturated/α-hetero) is 1. The van der Waals surface area contributed by atoms with Crippen LogP contribution in [0, 0.1) is 23.2 Å². The smallest absolute Gasteiger partial charge is 0.171 e. The lowest BCUT2D eigenvalue weighted by Gasteiger charge is -2.32. The van der Waals surface area contributed by atoms with Crippen molar-refractivity contribution in [3.8, 4) is 11.8 Å². The number of halogens is 2. The first-order valence-corrected chi connectivity index (χ1v) is 10.5. The van der Waals surface area contributed by atoms with E-state index in [1.807, 2.05) is 12.2 Å². The normalized spacial score (nSPS) is 23.8. The van der Waals surface area contributed by atoms with Crippen molar-refractivity contribution in [3.05, 3.63) is 69.5 Å².